The highest BCUT2D eigenvalue weighted by atomic mass is 35.5. The number of hydrogen-bond donors (Lipinski definition) is 1. The third-order valence-corrected chi connectivity index (χ3v) is 3.54. The number of aliphatic imine (C=N–C) groups is 1. The summed E-state index contributed by atoms with van der Waals surface area (Å²) in [5.74, 6) is -0.121. The summed E-state index contributed by atoms with van der Waals surface area (Å²) in [7, 11) is 3.81. The van der Waals surface area contributed by atoms with E-state index in [1.54, 1.807) is 12.4 Å². The molecule has 0 unspecified atom stereocenters. The average molecular weight is 358 g/mol. The Hall–Kier alpha value is -2.33. The molecule has 2 rings (SSSR count). The second-order valence-corrected chi connectivity index (χ2v) is 7.62. The van der Waals surface area contributed by atoms with Crippen molar-refractivity contribution in [2.45, 2.75) is 26.3 Å². The topological polar surface area (TPSA) is 44.7 Å². The van der Waals surface area contributed by atoms with Gasteiger partial charge in [-0.05, 0) is 62.2 Å². The Balaban J connectivity index is 2.48. The molecule has 132 valence electrons. The van der Waals surface area contributed by atoms with Crippen molar-refractivity contribution in [2.75, 3.05) is 14.1 Å². The van der Waals surface area contributed by atoms with Gasteiger partial charge in [0.1, 0.15) is 0 Å². The zero-order valence-corrected chi connectivity index (χ0v) is 16.1. The minimum Gasteiger partial charge on any atom is -0.369 e. The SMILES string of the molecule is CN(C)C=Nc1cc(C(=O)NC(C)(C)C)cc(-c2ccc(Cl)cc2)c1. The summed E-state index contributed by atoms with van der Waals surface area (Å²) in [6.07, 6.45) is 1.71. The van der Waals surface area contributed by atoms with Gasteiger partial charge >= 0.3 is 0 Å². The number of benzene rings is 2. The van der Waals surface area contributed by atoms with Gasteiger partial charge < -0.3 is 10.2 Å². The van der Waals surface area contributed by atoms with Crippen LogP contribution in [0.2, 0.25) is 5.02 Å². The summed E-state index contributed by atoms with van der Waals surface area (Å²) >= 11 is 5.98. The second kappa shape index (κ2) is 7.70. The van der Waals surface area contributed by atoms with Crippen LogP contribution in [-0.4, -0.2) is 36.8 Å². The first-order valence-corrected chi connectivity index (χ1v) is 8.46. The van der Waals surface area contributed by atoms with E-state index in [1.165, 1.54) is 0 Å². The first-order chi connectivity index (χ1) is 11.6. The third kappa shape index (κ3) is 5.91. The fourth-order valence-corrected chi connectivity index (χ4v) is 2.35. The van der Waals surface area contributed by atoms with E-state index >= 15 is 0 Å². The van der Waals surface area contributed by atoms with Crippen LogP contribution in [0.5, 0.6) is 0 Å². The van der Waals surface area contributed by atoms with Crippen molar-refractivity contribution >= 4 is 29.5 Å². The molecule has 2 aromatic carbocycles. The Morgan fingerprint density at radius 2 is 1.72 bits per heavy atom. The van der Waals surface area contributed by atoms with Gasteiger partial charge in [-0.2, -0.15) is 0 Å². The monoisotopic (exact) mass is 357 g/mol. The molecule has 1 amide bonds. The van der Waals surface area contributed by atoms with Crippen LogP contribution >= 0.6 is 11.6 Å². The minimum absolute atomic E-state index is 0.121. The number of amides is 1. The van der Waals surface area contributed by atoms with E-state index < -0.39 is 0 Å². The highest BCUT2D eigenvalue weighted by molar-refractivity contribution is 6.30. The number of hydrogen-bond acceptors (Lipinski definition) is 2. The third-order valence-electron chi connectivity index (χ3n) is 3.28. The largest absolute Gasteiger partial charge is 0.369 e. The molecule has 25 heavy (non-hydrogen) atoms. The van der Waals surface area contributed by atoms with Gasteiger partial charge in [0.2, 0.25) is 0 Å². The summed E-state index contributed by atoms with van der Waals surface area (Å²) in [5, 5.41) is 3.67. The van der Waals surface area contributed by atoms with Gasteiger partial charge in [0.05, 0.1) is 12.0 Å². The van der Waals surface area contributed by atoms with Gasteiger partial charge in [-0.25, -0.2) is 4.99 Å². The highest BCUT2D eigenvalue weighted by Crippen LogP contribution is 2.27. The molecule has 0 heterocycles. The molecule has 5 heteroatoms. The van der Waals surface area contributed by atoms with Gasteiger partial charge in [-0.1, -0.05) is 23.7 Å². The fraction of sp³-hybridized carbons (Fsp3) is 0.300. The molecule has 0 atom stereocenters. The molecule has 0 fully saturated rings. The van der Waals surface area contributed by atoms with Crippen molar-refractivity contribution in [1.29, 1.82) is 0 Å². The quantitative estimate of drug-likeness (QED) is 0.633. The van der Waals surface area contributed by atoms with Crippen molar-refractivity contribution in [1.82, 2.24) is 10.2 Å². The lowest BCUT2D eigenvalue weighted by molar-refractivity contribution is 0.0919. The number of carbonyl (C=O) groups excluding carboxylic acids is 1. The van der Waals surface area contributed by atoms with Crippen LogP contribution in [-0.2, 0) is 0 Å². The summed E-state index contributed by atoms with van der Waals surface area (Å²) in [4.78, 5) is 18.9. The van der Waals surface area contributed by atoms with E-state index in [1.807, 2.05) is 76.2 Å². The van der Waals surface area contributed by atoms with Crippen molar-refractivity contribution in [3.05, 3.63) is 53.1 Å². The Labute approximate surface area is 154 Å². The lowest BCUT2D eigenvalue weighted by atomic mass is 10.0. The first-order valence-electron chi connectivity index (χ1n) is 8.08. The maximum atomic E-state index is 12.6. The summed E-state index contributed by atoms with van der Waals surface area (Å²) < 4.78 is 0. The van der Waals surface area contributed by atoms with Crippen LogP contribution in [0.25, 0.3) is 11.1 Å². The Morgan fingerprint density at radius 3 is 2.28 bits per heavy atom. The first kappa shape index (κ1) is 19.0. The molecular weight excluding hydrogens is 334 g/mol. The van der Waals surface area contributed by atoms with Gasteiger partial charge in [0.15, 0.2) is 0 Å². The van der Waals surface area contributed by atoms with Crippen LogP contribution in [0.3, 0.4) is 0 Å². The standard InChI is InChI=1S/C20H24ClN3O/c1-20(2,3)23-19(25)16-10-15(14-6-8-17(21)9-7-14)11-18(12-16)22-13-24(4)5/h6-13H,1-5H3,(H,23,25). The normalized spacial score (nSPS) is 11.6. The average Bonchev–Trinajstić information content (AvgIpc) is 2.51. The van der Waals surface area contributed by atoms with Crippen LogP contribution in [0.1, 0.15) is 31.1 Å². The van der Waals surface area contributed by atoms with Crippen LogP contribution < -0.4 is 5.32 Å². The predicted octanol–water partition coefficient (Wildman–Crippen LogP) is 4.76. The van der Waals surface area contributed by atoms with Crippen molar-refractivity contribution in [3.8, 4) is 11.1 Å². The number of halogens is 1. The number of carbonyl (C=O) groups is 1. The predicted molar refractivity (Wildman–Crippen MR) is 106 cm³/mol. The van der Waals surface area contributed by atoms with Crippen LogP contribution in [0.15, 0.2) is 47.5 Å². The summed E-state index contributed by atoms with van der Waals surface area (Å²) in [6.45, 7) is 5.87. The Bertz CT molecular complexity index is 775. The lowest BCUT2D eigenvalue weighted by Gasteiger charge is -2.21. The van der Waals surface area contributed by atoms with Crippen molar-refractivity contribution in [2.24, 2.45) is 4.99 Å². The molecule has 0 saturated carbocycles. The van der Waals surface area contributed by atoms with Gasteiger partial charge in [0.25, 0.3) is 5.91 Å². The Kier molecular flexibility index (Phi) is 5.85. The van der Waals surface area contributed by atoms with E-state index in [0.29, 0.717) is 10.6 Å². The van der Waals surface area contributed by atoms with Crippen LogP contribution in [0, 0.1) is 0 Å². The van der Waals surface area contributed by atoms with Crippen molar-refractivity contribution < 1.29 is 4.79 Å². The molecule has 0 radical (unpaired) electrons. The zero-order valence-electron chi connectivity index (χ0n) is 15.3. The molecule has 1 N–H and O–H groups in total. The van der Waals surface area contributed by atoms with E-state index in [9.17, 15) is 4.79 Å². The number of nitrogens with zero attached hydrogens (tertiary/aromatic N) is 2. The van der Waals surface area contributed by atoms with E-state index in [-0.39, 0.29) is 11.4 Å². The van der Waals surface area contributed by atoms with Gasteiger partial charge in [-0.3, -0.25) is 4.79 Å². The molecule has 0 aliphatic carbocycles. The molecule has 0 aliphatic rings. The molecule has 0 aromatic heterocycles. The number of rotatable bonds is 4. The maximum Gasteiger partial charge on any atom is 0.251 e. The van der Waals surface area contributed by atoms with Gasteiger partial charge in [0, 0.05) is 30.2 Å². The second-order valence-electron chi connectivity index (χ2n) is 7.19. The smallest absolute Gasteiger partial charge is 0.251 e. The minimum atomic E-state index is -0.305. The van der Waals surface area contributed by atoms with Crippen LogP contribution in [0.4, 0.5) is 5.69 Å². The van der Waals surface area contributed by atoms with E-state index in [2.05, 4.69) is 10.3 Å². The van der Waals surface area contributed by atoms with Gasteiger partial charge in [-0.15, -0.1) is 0 Å². The Morgan fingerprint density at radius 1 is 1.08 bits per heavy atom. The fourth-order valence-electron chi connectivity index (χ4n) is 2.22. The zero-order chi connectivity index (χ0) is 18.6. The molecule has 4 nitrogen and oxygen atoms in total. The molecule has 2 aromatic rings. The summed E-state index contributed by atoms with van der Waals surface area (Å²) in [6, 6.07) is 13.2. The molecule has 0 bridgehead atoms. The number of nitrogens with one attached hydrogen (secondary N) is 1. The summed E-state index contributed by atoms with van der Waals surface area (Å²) in [5.41, 5.74) is 2.90. The molecular formula is C20H24ClN3O. The van der Waals surface area contributed by atoms with Crippen molar-refractivity contribution in [3.63, 3.8) is 0 Å². The van der Waals surface area contributed by atoms with E-state index in [0.717, 1.165) is 16.8 Å². The molecule has 0 aliphatic heterocycles. The highest BCUT2D eigenvalue weighted by Gasteiger charge is 2.16. The maximum absolute atomic E-state index is 12.6. The molecule has 0 spiro atoms. The lowest BCUT2D eigenvalue weighted by Crippen LogP contribution is -2.40. The van der Waals surface area contributed by atoms with E-state index in [4.69, 9.17) is 11.6 Å². The molecule has 0 saturated heterocycles.